The van der Waals surface area contributed by atoms with Gasteiger partial charge in [0.15, 0.2) is 0 Å². The van der Waals surface area contributed by atoms with Gasteiger partial charge in [0.05, 0.1) is 27.5 Å². The summed E-state index contributed by atoms with van der Waals surface area (Å²) in [6.45, 7) is 4.88. The first kappa shape index (κ1) is 16.0. The van der Waals surface area contributed by atoms with Crippen LogP contribution in [0.1, 0.15) is 22.4 Å². The lowest BCUT2D eigenvalue weighted by Crippen LogP contribution is -2.02. The lowest BCUT2D eigenvalue weighted by Gasteiger charge is -2.10. The minimum absolute atomic E-state index is 0.0686. The molecule has 9 heteroatoms. The van der Waals surface area contributed by atoms with E-state index in [4.69, 9.17) is 5.73 Å². The highest BCUT2D eigenvalue weighted by atomic mass is 79.9. The molecule has 0 atom stereocenters. The van der Waals surface area contributed by atoms with Gasteiger partial charge in [0.2, 0.25) is 5.95 Å². The van der Waals surface area contributed by atoms with E-state index in [0.717, 1.165) is 0 Å². The van der Waals surface area contributed by atoms with Crippen LogP contribution in [-0.4, -0.2) is 25.9 Å². The van der Waals surface area contributed by atoms with E-state index in [0.29, 0.717) is 16.8 Å². The number of nitrogen functional groups attached to an aromatic ring is 1. The second kappa shape index (κ2) is 5.76. The van der Waals surface area contributed by atoms with Crippen LogP contribution in [0.4, 0.5) is 11.6 Å². The second-order valence-electron chi connectivity index (χ2n) is 4.76. The number of nitro groups is 1. The Kier molecular flexibility index (Phi) is 4.18. The third-order valence-corrected chi connectivity index (χ3v) is 4.21. The largest absolute Gasteiger partial charge is 0.506 e. The second-order valence-corrected chi connectivity index (χ2v) is 5.55. The average molecular weight is 368 g/mol. The number of phenols is 1. The molecule has 1 heterocycles. The first-order valence-electron chi connectivity index (χ1n) is 6.25. The fourth-order valence-corrected chi connectivity index (χ4v) is 2.54. The Morgan fingerprint density at radius 2 is 2.09 bits per heavy atom. The minimum atomic E-state index is -0.484. The summed E-state index contributed by atoms with van der Waals surface area (Å²) < 4.78 is 1.59. The Balaban J connectivity index is 2.61. The number of aromatic nitrogens is 2. The average Bonchev–Trinajstić information content (AvgIpc) is 2.74. The van der Waals surface area contributed by atoms with Crippen molar-refractivity contribution in [1.82, 2.24) is 9.66 Å². The van der Waals surface area contributed by atoms with Crippen LogP contribution in [0.3, 0.4) is 0 Å². The van der Waals surface area contributed by atoms with Crippen molar-refractivity contribution in [1.29, 1.82) is 0 Å². The van der Waals surface area contributed by atoms with Crippen molar-refractivity contribution in [2.45, 2.75) is 20.8 Å². The normalized spacial score (nSPS) is 11.3. The predicted molar refractivity (Wildman–Crippen MR) is 86.3 cm³/mol. The van der Waals surface area contributed by atoms with E-state index in [2.05, 4.69) is 26.0 Å². The van der Waals surface area contributed by atoms with Gasteiger partial charge in [-0.1, -0.05) is 0 Å². The maximum atomic E-state index is 11.2. The Bertz CT molecular complexity index is 798. The van der Waals surface area contributed by atoms with E-state index in [1.807, 2.05) is 0 Å². The highest BCUT2D eigenvalue weighted by Gasteiger charge is 2.24. The number of nitrogens with zero attached hydrogens (tertiary/aromatic N) is 4. The highest BCUT2D eigenvalue weighted by molar-refractivity contribution is 9.10. The SMILES string of the molecule is Cc1cn(N=Cc2c(C)c([N+](=O)[O-])c(C)c(Br)c2O)c(N)n1. The molecule has 2 aromatic rings. The summed E-state index contributed by atoms with van der Waals surface area (Å²) in [6.07, 6.45) is 2.93. The summed E-state index contributed by atoms with van der Waals surface area (Å²) >= 11 is 3.17. The van der Waals surface area contributed by atoms with Crippen LogP contribution in [0.25, 0.3) is 0 Å². The molecule has 2 rings (SSSR count). The van der Waals surface area contributed by atoms with Gasteiger partial charge >= 0.3 is 0 Å². The fourth-order valence-electron chi connectivity index (χ4n) is 2.13. The van der Waals surface area contributed by atoms with E-state index < -0.39 is 4.92 Å². The maximum absolute atomic E-state index is 11.2. The fraction of sp³-hybridized carbons (Fsp3) is 0.231. The van der Waals surface area contributed by atoms with Gasteiger partial charge < -0.3 is 10.8 Å². The third-order valence-electron chi connectivity index (χ3n) is 3.24. The standard InChI is InChI=1S/C13H14BrN5O3/c1-6-5-18(13(15)17-6)16-4-9-7(2)11(19(21)22)8(3)10(14)12(9)20/h4-5,20H,1-3H3,(H2,15,17). The Hall–Kier alpha value is -2.42. The number of anilines is 1. The van der Waals surface area contributed by atoms with Crippen molar-refractivity contribution >= 4 is 33.8 Å². The quantitative estimate of drug-likeness (QED) is 0.490. The molecule has 0 aliphatic carbocycles. The van der Waals surface area contributed by atoms with Crippen LogP contribution in [0.5, 0.6) is 5.75 Å². The topological polar surface area (TPSA) is 120 Å². The summed E-state index contributed by atoms with van der Waals surface area (Å²) in [5.41, 5.74) is 7.21. The molecule has 0 amide bonds. The summed E-state index contributed by atoms with van der Waals surface area (Å²) in [5, 5.41) is 25.5. The number of benzene rings is 1. The molecule has 0 fully saturated rings. The molecule has 1 aromatic carbocycles. The van der Waals surface area contributed by atoms with Gasteiger partial charge in [-0.2, -0.15) is 5.10 Å². The number of hydrogen-bond donors (Lipinski definition) is 2. The van der Waals surface area contributed by atoms with E-state index in [9.17, 15) is 15.2 Å². The van der Waals surface area contributed by atoms with Crippen LogP contribution in [-0.2, 0) is 0 Å². The van der Waals surface area contributed by atoms with Gasteiger partial charge in [-0.05, 0) is 36.7 Å². The first-order valence-corrected chi connectivity index (χ1v) is 7.05. The molecule has 0 aliphatic heterocycles. The first-order chi connectivity index (χ1) is 10.2. The molecule has 0 unspecified atom stereocenters. The zero-order valence-corrected chi connectivity index (χ0v) is 13.7. The summed E-state index contributed by atoms with van der Waals surface area (Å²) in [6, 6.07) is 0. The maximum Gasteiger partial charge on any atom is 0.277 e. The number of nitro benzene ring substituents is 1. The molecular weight excluding hydrogens is 354 g/mol. The van der Waals surface area contributed by atoms with Gasteiger partial charge in [0, 0.05) is 16.7 Å². The Morgan fingerprint density at radius 3 is 2.59 bits per heavy atom. The van der Waals surface area contributed by atoms with Crippen molar-refractivity contribution in [2.24, 2.45) is 5.10 Å². The van der Waals surface area contributed by atoms with E-state index in [-0.39, 0.29) is 27.4 Å². The van der Waals surface area contributed by atoms with Crippen LogP contribution < -0.4 is 5.73 Å². The van der Waals surface area contributed by atoms with Crippen molar-refractivity contribution < 1.29 is 10.0 Å². The van der Waals surface area contributed by atoms with Crippen LogP contribution in [0, 0.1) is 30.9 Å². The zero-order valence-electron chi connectivity index (χ0n) is 12.2. The van der Waals surface area contributed by atoms with E-state index in [1.165, 1.54) is 10.9 Å². The number of phenolic OH excluding ortho intramolecular Hbond substituents is 1. The van der Waals surface area contributed by atoms with E-state index in [1.54, 1.807) is 27.0 Å². The summed E-state index contributed by atoms with van der Waals surface area (Å²) in [5.74, 6) is 0.0753. The molecular formula is C13H14BrN5O3. The number of halogens is 1. The minimum Gasteiger partial charge on any atom is -0.506 e. The highest BCUT2D eigenvalue weighted by Crippen LogP contribution is 2.39. The van der Waals surface area contributed by atoms with Gasteiger partial charge in [-0.15, -0.1) is 0 Å². The van der Waals surface area contributed by atoms with Gasteiger partial charge in [0.1, 0.15) is 5.75 Å². The predicted octanol–water partition coefficient (Wildman–Crippen LogP) is 2.65. The lowest BCUT2D eigenvalue weighted by molar-refractivity contribution is -0.386. The summed E-state index contributed by atoms with van der Waals surface area (Å²) in [7, 11) is 0. The van der Waals surface area contributed by atoms with Crippen molar-refractivity contribution in [3.63, 3.8) is 0 Å². The Morgan fingerprint density at radius 1 is 1.45 bits per heavy atom. The number of aryl methyl sites for hydroxylation is 1. The number of imidazole rings is 1. The van der Waals surface area contributed by atoms with Gasteiger partial charge in [0.25, 0.3) is 5.69 Å². The molecule has 3 N–H and O–H groups in total. The number of aromatic hydroxyl groups is 1. The summed E-state index contributed by atoms with van der Waals surface area (Å²) in [4.78, 5) is 14.7. The molecule has 1 aromatic heterocycles. The number of hydrogen-bond acceptors (Lipinski definition) is 6. The smallest absolute Gasteiger partial charge is 0.277 e. The molecule has 22 heavy (non-hydrogen) atoms. The van der Waals surface area contributed by atoms with Crippen LogP contribution >= 0.6 is 15.9 Å². The third kappa shape index (κ3) is 2.67. The molecule has 8 nitrogen and oxygen atoms in total. The molecule has 0 saturated carbocycles. The van der Waals surface area contributed by atoms with Crippen molar-refractivity contribution in [3.05, 3.63) is 43.2 Å². The van der Waals surface area contributed by atoms with E-state index >= 15 is 0 Å². The molecule has 0 saturated heterocycles. The number of rotatable bonds is 3. The molecule has 116 valence electrons. The monoisotopic (exact) mass is 367 g/mol. The van der Waals surface area contributed by atoms with Crippen molar-refractivity contribution in [2.75, 3.05) is 5.73 Å². The molecule has 0 bridgehead atoms. The van der Waals surface area contributed by atoms with Gasteiger partial charge in [-0.3, -0.25) is 10.1 Å². The van der Waals surface area contributed by atoms with Gasteiger partial charge in [-0.25, -0.2) is 9.66 Å². The van der Waals surface area contributed by atoms with Crippen LogP contribution in [0.15, 0.2) is 15.8 Å². The lowest BCUT2D eigenvalue weighted by atomic mass is 10.0. The molecule has 0 spiro atoms. The molecule has 0 aliphatic rings. The molecule has 0 radical (unpaired) electrons. The number of nitrogens with two attached hydrogens (primary N) is 1. The van der Waals surface area contributed by atoms with Crippen molar-refractivity contribution in [3.8, 4) is 5.75 Å². The van der Waals surface area contributed by atoms with Crippen LogP contribution in [0.2, 0.25) is 0 Å². The Labute approximate surface area is 134 Å². The zero-order chi connectivity index (χ0) is 16.6.